The molecule has 0 aromatic heterocycles. The molecule has 0 aromatic carbocycles. The van der Waals surface area contributed by atoms with Crippen molar-refractivity contribution in [3.63, 3.8) is 0 Å². The summed E-state index contributed by atoms with van der Waals surface area (Å²) in [6, 6.07) is -0.521. The number of amides is 2. The summed E-state index contributed by atoms with van der Waals surface area (Å²) in [5.74, 6) is -0.425. The van der Waals surface area contributed by atoms with Crippen LogP contribution in [0.4, 0.5) is 4.79 Å². The lowest BCUT2D eigenvalue weighted by molar-refractivity contribution is -0.151. The van der Waals surface area contributed by atoms with Crippen LogP contribution in [-0.2, 0) is 14.3 Å². The molecule has 0 radical (unpaired) electrons. The molecule has 6 nitrogen and oxygen atoms in total. The zero-order valence-electron chi connectivity index (χ0n) is 9.27. The highest BCUT2D eigenvalue weighted by molar-refractivity contribution is 5.84. The van der Waals surface area contributed by atoms with Gasteiger partial charge in [-0.3, -0.25) is 0 Å². The standard InChI is InChI=1S/C10H16N2O4/c1-15-9(13)8-6-16-5-4-12(8)10(14)11-7-2-3-7/h7-8H,2-6H2,1H3,(H,11,14). The Hall–Kier alpha value is -1.30. The van der Waals surface area contributed by atoms with Crippen molar-refractivity contribution >= 4 is 12.0 Å². The third kappa shape index (κ3) is 2.44. The first kappa shape index (κ1) is 11.2. The molecule has 6 heteroatoms. The monoisotopic (exact) mass is 228 g/mol. The van der Waals surface area contributed by atoms with Gasteiger partial charge in [-0.25, -0.2) is 9.59 Å². The molecule has 0 spiro atoms. The number of ether oxygens (including phenoxy) is 2. The van der Waals surface area contributed by atoms with Crippen molar-refractivity contribution in [2.75, 3.05) is 26.9 Å². The number of rotatable bonds is 2. The van der Waals surface area contributed by atoms with Crippen molar-refractivity contribution in [1.29, 1.82) is 0 Å². The molecule has 16 heavy (non-hydrogen) atoms. The topological polar surface area (TPSA) is 67.9 Å². The summed E-state index contributed by atoms with van der Waals surface area (Å²) in [5, 5.41) is 2.86. The van der Waals surface area contributed by atoms with Crippen molar-refractivity contribution in [2.24, 2.45) is 0 Å². The van der Waals surface area contributed by atoms with Gasteiger partial charge in [0.15, 0.2) is 6.04 Å². The Morgan fingerprint density at radius 1 is 1.44 bits per heavy atom. The maximum absolute atomic E-state index is 11.8. The third-order valence-corrected chi connectivity index (χ3v) is 2.77. The smallest absolute Gasteiger partial charge is 0.331 e. The number of morpholine rings is 1. The van der Waals surface area contributed by atoms with Crippen molar-refractivity contribution in [3.8, 4) is 0 Å². The molecule has 2 rings (SSSR count). The van der Waals surface area contributed by atoms with E-state index in [-0.39, 0.29) is 18.7 Å². The second kappa shape index (κ2) is 4.69. The molecule has 1 heterocycles. The van der Waals surface area contributed by atoms with Gasteiger partial charge in [0.25, 0.3) is 0 Å². The lowest BCUT2D eigenvalue weighted by Crippen LogP contribution is -2.56. The molecule has 2 amide bonds. The van der Waals surface area contributed by atoms with E-state index in [0.29, 0.717) is 13.2 Å². The number of carbonyl (C=O) groups excluding carboxylic acids is 2. The molecule has 1 saturated carbocycles. The van der Waals surface area contributed by atoms with Gasteiger partial charge in [-0.05, 0) is 12.8 Å². The van der Waals surface area contributed by atoms with Crippen LogP contribution >= 0.6 is 0 Å². The fraction of sp³-hybridized carbons (Fsp3) is 0.800. The largest absolute Gasteiger partial charge is 0.467 e. The summed E-state index contributed by atoms with van der Waals surface area (Å²) in [6.45, 7) is 1.11. The van der Waals surface area contributed by atoms with E-state index >= 15 is 0 Å². The van der Waals surface area contributed by atoms with E-state index in [1.807, 2.05) is 0 Å². The Morgan fingerprint density at radius 3 is 2.81 bits per heavy atom. The Balaban J connectivity index is 1.96. The second-order valence-corrected chi connectivity index (χ2v) is 4.03. The maximum atomic E-state index is 11.8. The number of nitrogens with zero attached hydrogens (tertiary/aromatic N) is 1. The molecule has 0 aromatic rings. The van der Waals surface area contributed by atoms with Crippen molar-refractivity contribution < 1.29 is 19.1 Å². The zero-order chi connectivity index (χ0) is 11.5. The lowest BCUT2D eigenvalue weighted by atomic mass is 10.2. The first-order valence-corrected chi connectivity index (χ1v) is 5.45. The molecule has 2 aliphatic rings. The highest BCUT2D eigenvalue weighted by Crippen LogP contribution is 2.19. The number of nitrogens with one attached hydrogen (secondary N) is 1. The van der Waals surface area contributed by atoms with Gasteiger partial charge in [0.2, 0.25) is 0 Å². The SMILES string of the molecule is COC(=O)C1COCCN1C(=O)NC1CC1. The van der Waals surface area contributed by atoms with E-state index in [1.54, 1.807) is 0 Å². The maximum Gasteiger partial charge on any atom is 0.331 e. The molecule has 2 fully saturated rings. The average molecular weight is 228 g/mol. The number of esters is 1. The molecule has 1 unspecified atom stereocenters. The van der Waals surface area contributed by atoms with Crippen LogP contribution in [0, 0.1) is 0 Å². The molecule has 1 aliphatic carbocycles. The third-order valence-electron chi connectivity index (χ3n) is 2.77. The van der Waals surface area contributed by atoms with Gasteiger partial charge in [0.05, 0.1) is 20.3 Å². The van der Waals surface area contributed by atoms with E-state index in [1.165, 1.54) is 12.0 Å². The van der Waals surface area contributed by atoms with Crippen LogP contribution in [0.1, 0.15) is 12.8 Å². The van der Waals surface area contributed by atoms with Crippen LogP contribution < -0.4 is 5.32 Å². The summed E-state index contributed by atoms with van der Waals surface area (Å²) in [7, 11) is 1.31. The summed E-state index contributed by atoms with van der Waals surface area (Å²) >= 11 is 0. The Kier molecular flexibility index (Phi) is 3.28. The number of methoxy groups -OCH3 is 1. The minimum absolute atomic E-state index is 0.193. The first-order chi connectivity index (χ1) is 7.72. The van der Waals surface area contributed by atoms with Gasteiger partial charge >= 0.3 is 12.0 Å². The fourth-order valence-corrected chi connectivity index (χ4v) is 1.66. The fourth-order valence-electron chi connectivity index (χ4n) is 1.66. The van der Waals surface area contributed by atoms with Crippen LogP contribution in [-0.4, -0.2) is 55.9 Å². The van der Waals surface area contributed by atoms with E-state index < -0.39 is 12.0 Å². The highest BCUT2D eigenvalue weighted by atomic mass is 16.5. The van der Waals surface area contributed by atoms with Crippen LogP contribution in [0.15, 0.2) is 0 Å². The van der Waals surface area contributed by atoms with E-state index in [4.69, 9.17) is 4.74 Å². The first-order valence-electron chi connectivity index (χ1n) is 5.45. The van der Waals surface area contributed by atoms with Crippen LogP contribution in [0.25, 0.3) is 0 Å². The minimum atomic E-state index is -0.613. The lowest BCUT2D eigenvalue weighted by Gasteiger charge is -2.33. The number of carbonyl (C=O) groups is 2. The number of urea groups is 1. The predicted octanol–water partition coefficient (Wildman–Crippen LogP) is -0.268. The van der Waals surface area contributed by atoms with E-state index in [0.717, 1.165) is 12.8 Å². The summed E-state index contributed by atoms with van der Waals surface area (Å²) in [6.07, 6.45) is 2.05. The molecule has 90 valence electrons. The summed E-state index contributed by atoms with van der Waals surface area (Å²) in [4.78, 5) is 24.8. The molecular formula is C10H16N2O4. The minimum Gasteiger partial charge on any atom is -0.467 e. The van der Waals surface area contributed by atoms with Crippen LogP contribution in [0.2, 0.25) is 0 Å². The predicted molar refractivity (Wildman–Crippen MR) is 54.9 cm³/mol. The molecule has 1 atom stereocenters. The van der Waals surface area contributed by atoms with Crippen LogP contribution in [0.5, 0.6) is 0 Å². The average Bonchev–Trinajstić information content (AvgIpc) is 3.12. The molecule has 1 aliphatic heterocycles. The Bertz CT molecular complexity index is 291. The van der Waals surface area contributed by atoms with E-state index in [9.17, 15) is 9.59 Å². The highest BCUT2D eigenvalue weighted by Gasteiger charge is 2.35. The van der Waals surface area contributed by atoms with Gasteiger partial charge < -0.3 is 19.7 Å². The van der Waals surface area contributed by atoms with Gasteiger partial charge in [-0.2, -0.15) is 0 Å². The molecule has 1 N–H and O–H groups in total. The van der Waals surface area contributed by atoms with Crippen molar-refractivity contribution in [3.05, 3.63) is 0 Å². The second-order valence-electron chi connectivity index (χ2n) is 4.03. The van der Waals surface area contributed by atoms with Gasteiger partial charge in [-0.1, -0.05) is 0 Å². The molecular weight excluding hydrogens is 212 g/mol. The van der Waals surface area contributed by atoms with Gasteiger partial charge in [0, 0.05) is 12.6 Å². The van der Waals surface area contributed by atoms with Gasteiger partial charge in [0.1, 0.15) is 0 Å². The zero-order valence-corrected chi connectivity index (χ0v) is 9.27. The van der Waals surface area contributed by atoms with E-state index in [2.05, 4.69) is 10.1 Å². The number of hydrogen-bond donors (Lipinski definition) is 1. The van der Waals surface area contributed by atoms with Crippen LogP contribution in [0.3, 0.4) is 0 Å². The summed E-state index contributed by atoms with van der Waals surface area (Å²) < 4.78 is 9.83. The van der Waals surface area contributed by atoms with Crippen molar-refractivity contribution in [2.45, 2.75) is 24.9 Å². The van der Waals surface area contributed by atoms with Gasteiger partial charge in [-0.15, -0.1) is 0 Å². The normalized spacial score (nSPS) is 25.1. The Morgan fingerprint density at radius 2 is 2.19 bits per heavy atom. The molecule has 1 saturated heterocycles. The van der Waals surface area contributed by atoms with Crippen molar-refractivity contribution in [1.82, 2.24) is 10.2 Å². The molecule has 0 bridgehead atoms. The summed E-state index contributed by atoms with van der Waals surface area (Å²) in [5.41, 5.74) is 0. The Labute approximate surface area is 93.9 Å². The number of hydrogen-bond acceptors (Lipinski definition) is 4. The quantitative estimate of drug-likeness (QED) is 0.661.